The van der Waals surface area contributed by atoms with Crippen molar-refractivity contribution in [1.82, 2.24) is 0 Å². The standard InChI is InChI=1S/C15H28O2/c1-4-6-7-9-13-10-8-11-14(13)12(3)15(16)17-5-2/h12-14H,4-11H2,1-3H3/t12?,13-,14-/m0/s1. The van der Waals surface area contributed by atoms with Gasteiger partial charge < -0.3 is 4.74 Å². The van der Waals surface area contributed by atoms with Crippen LogP contribution in [-0.4, -0.2) is 12.6 Å². The van der Waals surface area contributed by atoms with Gasteiger partial charge in [-0.05, 0) is 25.2 Å². The Morgan fingerprint density at radius 3 is 2.71 bits per heavy atom. The number of unbranched alkanes of at least 4 members (excludes halogenated alkanes) is 2. The first-order chi connectivity index (χ1) is 8.20. The summed E-state index contributed by atoms with van der Waals surface area (Å²) in [5.74, 6) is 1.45. The maximum absolute atomic E-state index is 11.8. The molecule has 0 aromatic heterocycles. The molecule has 2 heteroatoms. The third-order valence-corrected chi connectivity index (χ3v) is 4.20. The van der Waals surface area contributed by atoms with Crippen LogP contribution in [0.25, 0.3) is 0 Å². The van der Waals surface area contributed by atoms with E-state index in [0.29, 0.717) is 12.5 Å². The van der Waals surface area contributed by atoms with Crippen molar-refractivity contribution >= 4 is 5.97 Å². The summed E-state index contributed by atoms with van der Waals surface area (Å²) in [6.07, 6.45) is 9.08. The maximum Gasteiger partial charge on any atom is 0.308 e. The number of rotatable bonds is 7. The molecule has 0 aromatic carbocycles. The van der Waals surface area contributed by atoms with E-state index in [-0.39, 0.29) is 11.9 Å². The fraction of sp³-hybridized carbons (Fsp3) is 0.933. The SMILES string of the molecule is CCCCC[C@H]1CCC[C@H]1C(C)C(=O)OCC. The largest absolute Gasteiger partial charge is 0.466 e. The van der Waals surface area contributed by atoms with Crippen molar-refractivity contribution in [3.05, 3.63) is 0 Å². The van der Waals surface area contributed by atoms with E-state index in [9.17, 15) is 4.79 Å². The highest BCUT2D eigenvalue weighted by Crippen LogP contribution is 2.40. The molecule has 1 saturated carbocycles. The van der Waals surface area contributed by atoms with Crippen molar-refractivity contribution in [2.45, 2.75) is 65.7 Å². The van der Waals surface area contributed by atoms with Crippen LogP contribution in [0.1, 0.15) is 65.7 Å². The molecule has 1 aliphatic carbocycles. The molecule has 17 heavy (non-hydrogen) atoms. The number of esters is 1. The fourth-order valence-electron chi connectivity index (χ4n) is 3.19. The number of carbonyl (C=O) groups is 1. The summed E-state index contributed by atoms with van der Waals surface area (Å²) in [6, 6.07) is 0. The Kier molecular flexibility index (Phi) is 6.61. The van der Waals surface area contributed by atoms with Crippen molar-refractivity contribution < 1.29 is 9.53 Å². The second kappa shape index (κ2) is 7.73. The first-order valence-electron chi connectivity index (χ1n) is 7.37. The Morgan fingerprint density at radius 2 is 2.06 bits per heavy atom. The van der Waals surface area contributed by atoms with Crippen molar-refractivity contribution in [2.75, 3.05) is 6.61 Å². The Morgan fingerprint density at radius 1 is 1.29 bits per heavy atom. The van der Waals surface area contributed by atoms with Gasteiger partial charge in [-0.1, -0.05) is 52.4 Å². The van der Waals surface area contributed by atoms with Gasteiger partial charge >= 0.3 is 5.97 Å². The lowest BCUT2D eigenvalue weighted by atomic mass is 9.82. The molecule has 0 aliphatic heterocycles. The van der Waals surface area contributed by atoms with Crippen LogP contribution in [0.4, 0.5) is 0 Å². The van der Waals surface area contributed by atoms with Gasteiger partial charge in [-0.25, -0.2) is 0 Å². The Hall–Kier alpha value is -0.530. The van der Waals surface area contributed by atoms with Crippen molar-refractivity contribution in [2.24, 2.45) is 17.8 Å². The van der Waals surface area contributed by atoms with Crippen LogP contribution in [0.15, 0.2) is 0 Å². The van der Waals surface area contributed by atoms with Crippen molar-refractivity contribution in [1.29, 1.82) is 0 Å². The zero-order valence-electron chi connectivity index (χ0n) is 11.7. The maximum atomic E-state index is 11.8. The summed E-state index contributed by atoms with van der Waals surface area (Å²) in [5.41, 5.74) is 0. The molecule has 3 atom stereocenters. The van der Waals surface area contributed by atoms with Gasteiger partial charge in [-0.15, -0.1) is 0 Å². The van der Waals surface area contributed by atoms with Crippen molar-refractivity contribution in [3.8, 4) is 0 Å². The van der Waals surface area contributed by atoms with Gasteiger partial charge in [0.1, 0.15) is 0 Å². The minimum absolute atomic E-state index is 0.0138. The van der Waals surface area contributed by atoms with Crippen LogP contribution in [0, 0.1) is 17.8 Å². The van der Waals surface area contributed by atoms with E-state index in [0.717, 1.165) is 5.92 Å². The zero-order valence-corrected chi connectivity index (χ0v) is 11.7. The monoisotopic (exact) mass is 240 g/mol. The lowest BCUT2D eigenvalue weighted by molar-refractivity contribution is -0.149. The van der Waals surface area contributed by atoms with E-state index in [1.54, 1.807) is 0 Å². The summed E-state index contributed by atoms with van der Waals surface area (Å²) in [4.78, 5) is 11.8. The summed E-state index contributed by atoms with van der Waals surface area (Å²) >= 11 is 0. The van der Waals surface area contributed by atoms with Crippen LogP contribution in [0.3, 0.4) is 0 Å². The fourth-order valence-corrected chi connectivity index (χ4v) is 3.19. The Labute approximate surface area is 106 Å². The second-order valence-electron chi connectivity index (χ2n) is 5.39. The molecule has 1 aliphatic rings. The lowest BCUT2D eigenvalue weighted by Crippen LogP contribution is -2.26. The minimum atomic E-state index is 0.0138. The van der Waals surface area contributed by atoms with Gasteiger partial charge in [-0.3, -0.25) is 4.79 Å². The predicted octanol–water partition coefficient (Wildman–Crippen LogP) is 4.18. The number of hydrogen-bond acceptors (Lipinski definition) is 2. The molecule has 0 saturated heterocycles. The molecule has 0 N–H and O–H groups in total. The Balaban J connectivity index is 2.41. The van der Waals surface area contributed by atoms with E-state index < -0.39 is 0 Å². The van der Waals surface area contributed by atoms with E-state index in [2.05, 4.69) is 13.8 Å². The smallest absolute Gasteiger partial charge is 0.308 e. The molecular weight excluding hydrogens is 212 g/mol. The number of hydrogen-bond donors (Lipinski definition) is 0. The van der Waals surface area contributed by atoms with Crippen LogP contribution in [0.5, 0.6) is 0 Å². The van der Waals surface area contributed by atoms with Crippen LogP contribution in [-0.2, 0) is 9.53 Å². The Bertz CT molecular complexity index is 225. The van der Waals surface area contributed by atoms with Gasteiger partial charge in [-0.2, -0.15) is 0 Å². The second-order valence-corrected chi connectivity index (χ2v) is 5.39. The zero-order chi connectivity index (χ0) is 12.7. The molecule has 0 bridgehead atoms. The van der Waals surface area contributed by atoms with E-state index in [1.165, 1.54) is 44.9 Å². The highest BCUT2D eigenvalue weighted by molar-refractivity contribution is 5.72. The first-order valence-corrected chi connectivity index (χ1v) is 7.37. The van der Waals surface area contributed by atoms with Crippen LogP contribution < -0.4 is 0 Å². The summed E-state index contributed by atoms with van der Waals surface area (Å²) in [7, 11) is 0. The van der Waals surface area contributed by atoms with Crippen LogP contribution in [0.2, 0.25) is 0 Å². The number of carbonyl (C=O) groups excluding carboxylic acids is 1. The van der Waals surface area contributed by atoms with Crippen LogP contribution >= 0.6 is 0 Å². The normalized spacial score (nSPS) is 25.8. The van der Waals surface area contributed by atoms with Gasteiger partial charge in [0.15, 0.2) is 0 Å². The van der Waals surface area contributed by atoms with Gasteiger partial charge in [0, 0.05) is 0 Å². The minimum Gasteiger partial charge on any atom is -0.466 e. The van der Waals surface area contributed by atoms with Crippen molar-refractivity contribution in [3.63, 3.8) is 0 Å². The summed E-state index contributed by atoms with van der Waals surface area (Å²) in [5, 5.41) is 0. The lowest BCUT2D eigenvalue weighted by Gasteiger charge is -2.24. The molecular formula is C15H28O2. The third kappa shape index (κ3) is 4.33. The molecule has 0 spiro atoms. The molecule has 2 nitrogen and oxygen atoms in total. The summed E-state index contributed by atoms with van der Waals surface area (Å²) < 4.78 is 5.15. The average molecular weight is 240 g/mol. The molecule has 0 aromatic rings. The number of ether oxygens (including phenoxy) is 1. The average Bonchev–Trinajstić information content (AvgIpc) is 2.77. The first kappa shape index (κ1) is 14.5. The highest BCUT2D eigenvalue weighted by atomic mass is 16.5. The molecule has 1 rings (SSSR count). The highest BCUT2D eigenvalue weighted by Gasteiger charge is 2.34. The summed E-state index contributed by atoms with van der Waals surface area (Å²) in [6.45, 7) is 6.70. The molecule has 0 amide bonds. The molecule has 1 fully saturated rings. The predicted molar refractivity (Wildman–Crippen MR) is 70.8 cm³/mol. The molecule has 1 unspecified atom stereocenters. The quantitative estimate of drug-likeness (QED) is 0.493. The molecule has 100 valence electrons. The molecule has 0 heterocycles. The van der Waals surface area contributed by atoms with Gasteiger partial charge in [0.2, 0.25) is 0 Å². The van der Waals surface area contributed by atoms with Gasteiger partial charge in [0.25, 0.3) is 0 Å². The molecule has 0 radical (unpaired) electrons. The van der Waals surface area contributed by atoms with E-state index in [1.807, 2.05) is 6.92 Å². The van der Waals surface area contributed by atoms with Gasteiger partial charge in [0.05, 0.1) is 12.5 Å². The third-order valence-electron chi connectivity index (χ3n) is 4.20. The van der Waals surface area contributed by atoms with E-state index >= 15 is 0 Å². The topological polar surface area (TPSA) is 26.3 Å². The van der Waals surface area contributed by atoms with E-state index in [4.69, 9.17) is 4.74 Å².